The smallest absolute Gasteiger partial charge is 0.228 e. The fraction of sp³-hybridized carbons (Fsp3) is 0.321. The number of pyridine rings is 1. The van der Waals surface area contributed by atoms with Crippen molar-refractivity contribution in [3.63, 3.8) is 0 Å². The van der Waals surface area contributed by atoms with E-state index in [1.807, 2.05) is 53.1 Å². The minimum absolute atomic E-state index is 0.0231. The summed E-state index contributed by atoms with van der Waals surface area (Å²) in [6, 6.07) is 20.6. The molecule has 0 bridgehead atoms. The topological polar surface area (TPSA) is 66.3 Å². The Labute approximate surface area is 206 Å². The molecule has 2 aromatic heterocycles. The second-order valence-electron chi connectivity index (χ2n) is 9.45. The Morgan fingerprint density at radius 3 is 2.34 bits per heavy atom. The number of carbonyl (C=O) groups excluding carboxylic acids is 1. The molecular weight excluding hydrogens is 436 g/mol. The van der Waals surface area contributed by atoms with Crippen LogP contribution in [-0.2, 0) is 17.8 Å². The van der Waals surface area contributed by atoms with Crippen molar-refractivity contribution in [2.24, 2.45) is 0 Å². The summed E-state index contributed by atoms with van der Waals surface area (Å²) in [6.45, 7) is 9.93. The summed E-state index contributed by atoms with van der Waals surface area (Å²) in [7, 11) is 0. The summed E-state index contributed by atoms with van der Waals surface area (Å²) in [5.41, 5.74) is 5.71. The molecule has 7 heteroatoms. The van der Waals surface area contributed by atoms with E-state index in [-0.39, 0.29) is 5.91 Å². The van der Waals surface area contributed by atoms with E-state index < -0.39 is 0 Å². The Bertz CT molecular complexity index is 1270. The number of fused-ring (bicyclic) bond motifs is 1. The molecule has 4 aromatic rings. The number of anilines is 1. The quantitative estimate of drug-likeness (QED) is 0.442. The number of hydrogen-bond acceptors (Lipinski definition) is 5. The molecule has 1 fully saturated rings. The number of amides is 1. The van der Waals surface area contributed by atoms with Crippen molar-refractivity contribution in [3.8, 4) is 5.69 Å². The Morgan fingerprint density at radius 2 is 1.63 bits per heavy atom. The Hall–Kier alpha value is -3.55. The first-order valence-corrected chi connectivity index (χ1v) is 12.3. The zero-order valence-electron chi connectivity index (χ0n) is 20.4. The highest BCUT2D eigenvalue weighted by Gasteiger charge is 2.18. The van der Waals surface area contributed by atoms with Crippen molar-refractivity contribution in [2.45, 2.75) is 32.9 Å². The van der Waals surface area contributed by atoms with Crippen LogP contribution in [0.3, 0.4) is 0 Å². The molecule has 35 heavy (non-hydrogen) atoms. The van der Waals surface area contributed by atoms with Gasteiger partial charge >= 0.3 is 0 Å². The summed E-state index contributed by atoms with van der Waals surface area (Å²) in [5, 5.41) is 3.02. The molecule has 5 rings (SSSR count). The molecule has 0 aliphatic carbocycles. The van der Waals surface area contributed by atoms with Crippen molar-refractivity contribution in [1.29, 1.82) is 0 Å². The van der Waals surface area contributed by atoms with Gasteiger partial charge in [-0.15, -0.1) is 0 Å². The van der Waals surface area contributed by atoms with E-state index in [1.165, 1.54) is 5.56 Å². The molecule has 1 amide bonds. The maximum Gasteiger partial charge on any atom is 0.228 e. The number of rotatable bonds is 7. The van der Waals surface area contributed by atoms with E-state index in [9.17, 15) is 4.79 Å². The van der Waals surface area contributed by atoms with Gasteiger partial charge in [0.25, 0.3) is 0 Å². The third-order valence-corrected chi connectivity index (χ3v) is 6.67. The van der Waals surface area contributed by atoms with Crippen LogP contribution in [0.2, 0.25) is 0 Å². The van der Waals surface area contributed by atoms with Crippen LogP contribution in [0.15, 0.2) is 73.2 Å². The van der Waals surface area contributed by atoms with E-state index in [0.29, 0.717) is 12.5 Å². The number of hydrogen-bond donors (Lipinski definition) is 1. The van der Waals surface area contributed by atoms with Crippen LogP contribution in [0.1, 0.15) is 25.0 Å². The van der Waals surface area contributed by atoms with Gasteiger partial charge in [0.15, 0.2) is 5.65 Å². The average Bonchev–Trinajstić information content (AvgIpc) is 3.30. The lowest BCUT2D eigenvalue weighted by Gasteiger charge is -2.36. The summed E-state index contributed by atoms with van der Waals surface area (Å²) >= 11 is 0. The highest BCUT2D eigenvalue weighted by atomic mass is 16.1. The molecule has 2 aromatic carbocycles. The number of nitrogens with one attached hydrogen (secondary N) is 1. The van der Waals surface area contributed by atoms with Gasteiger partial charge in [0, 0.05) is 56.3 Å². The third-order valence-electron chi connectivity index (χ3n) is 6.67. The fourth-order valence-corrected chi connectivity index (χ4v) is 4.59. The van der Waals surface area contributed by atoms with Crippen molar-refractivity contribution >= 4 is 22.8 Å². The van der Waals surface area contributed by atoms with Crippen molar-refractivity contribution < 1.29 is 4.79 Å². The molecule has 1 aliphatic heterocycles. The number of aromatic nitrogens is 3. The van der Waals surface area contributed by atoms with E-state index in [1.54, 1.807) is 12.5 Å². The first kappa shape index (κ1) is 23.2. The highest BCUT2D eigenvalue weighted by molar-refractivity contribution is 5.92. The molecule has 1 saturated heterocycles. The molecule has 7 nitrogen and oxygen atoms in total. The van der Waals surface area contributed by atoms with E-state index in [4.69, 9.17) is 0 Å². The Balaban J connectivity index is 1.13. The molecule has 0 atom stereocenters. The molecule has 0 saturated carbocycles. The average molecular weight is 469 g/mol. The van der Waals surface area contributed by atoms with Gasteiger partial charge in [0.1, 0.15) is 11.8 Å². The summed E-state index contributed by atoms with van der Waals surface area (Å²) < 4.78 is 1.95. The van der Waals surface area contributed by atoms with Gasteiger partial charge in [-0.1, -0.05) is 24.3 Å². The number of imidazole rings is 1. The van der Waals surface area contributed by atoms with Crippen LogP contribution < -0.4 is 5.32 Å². The predicted octanol–water partition coefficient (Wildman–Crippen LogP) is 4.13. The van der Waals surface area contributed by atoms with E-state index >= 15 is 0 Å². The van der Waals surface area contributed by atoms with Crippen LogP contribution in [0.25, 0.3) is 16.9 Å². The number of piperazine rings is 1. The second-order valence-corrected chi connectivity index (χ2v) is 9.45. The molecule has 3 heterocycles. The standard InChI is InChI=1S/C28H32N6O/c1-21(2)33-16-14-32(15-17-33)19-23-5-9-24(10-6-23)31-27(35)18-22-7-11-25(12-8-22)34-20-30-26-4-3-13-29-28(26)34/h3-13,20-21H,14-19H2,1-2H3,(H,31,35). The Kier molecular flexibility index (Phi) is 6.88. The minimum atomic E-state index is -0.0231. The van der Waals surface area contributed by atoms with Crippen LogP contribution >= 0.6 is 0 Å². The second kappa shape index (κ2) is 10.4. The van der Waals surface area contributed by atoms with Crippen LogP contribution in [0.5, 0.6) is 0 Å². The van der Waals surface area contributed by atoms with Gasteiger partial charge in [-0.05, 0) is 61.4 Å². The molecule has 0 unspecified atom stereocenters. The van der Waals surface area contributed by atoms with Gasteiger partial charge < -0.3 is 5.32 Å². The van der Waals surface area contributed by atoms with Crippen molar-refractivity contribution in [2.75, 3.05) is 31.5 Å². The maximum atomic E-state index is 12.6. The van der Waals surface area contributed by atoms with Gasteiger partial charge in [-0.25, -0.2) is 9.97 Å². The Morgan fingerprint density at radius 1 is 0.914 bits per heavy atom. The third kappa shape index (κ3) is 5.58. The SMILES string of the molecule is CC(C)N1CCN(Cc2ccc(NC(=O)Cc3ccc(-n4cnc5cccnc54)cc3)cc2)CC1. The van der Waals surface area contributed by atoms with Gasteiger partial charge in [-0.2, -0.15) is 0 Å². The summed E-state index contributed by atoms with van der Waals surface area (Å²) in [4.78, 5) is 26.4. The summed E-state index contributed by atoms with van der Waals surface area (Å²) in [6.07, 6.45) is 3.86. The number of benzene rings is 2. The molecule has 180 valence electrons. The lowest BCUT2D eigenvalue weighted by atomic mass is 10.1. The normalized spacial score (nSPS) is 15.1. The highest BCUT2D eigenvalue weighted by Crippen LogP contribution is 2.18. The van der Waals surface area contributed by atoms with Crippen LogP contribution in [0, 0.1) is 0 Å². The van der Waals surface area contributed by atoms with E-state index in [2.05, 4.69) is 51.1 Å². The first-order chi connectivity index (χ1) is 17.0. The first-order valence-electron chi connectivity index (χ1n) is 12.3. The molecular formula is C28H32N6O. The lowest BCUT2D eigenvalue weighted by Crippen LogP contribution is -2.48. The number of nitrogens with zero attached hydrogens (tertiary/aromatic N) is 5. The maximum absolute atomic E-state index is 12.6. The summed E-state index contributed by atoms with van der Waals surface area (Å²) in [5.74, 6) is -0.0231. The lowest BCUT2D eigenvalue weighted by molar-refractivity contribution is -0.115. The zero-order valence-corrected chi connectivity index (χ0v) is 20.4. The minimum Gasteiger partial charge on any atom is -0.326 e. The zero-order chi connectivity index (χ0) is 24.2. The van der Waals surface area contributed by atoms with Crippen molar-refractivity contribution in [1.82, 2.24) is 24.3 Å². The van der Waals surface area contributed by atoms with Crippen molar-refractivity contribution in [3.05, 3.63) is 84.3 Å². The van der Waals surface area contributed by atoms with Crippen LogP contribution in [0.4, 0.5) is 5.69 Å². The molecule has 0 radical (unpaired) electrons. The molecule has 1 aliphatic rings. The molecule has 0 spiro atoms. The molecule has 1 N–H and O–H groups in total. The fourth-order valence-electron chi connectivity index (χ4n) is 4.59. The van der Waals surface area contributed by atoms with Gasteiger partial charge in [0.05, 0.1) is 6.42 Å². The van der Waals surface area contributed by atoms with Crippen LogP contribution in [-0.4, -0.2) is 62.5 Å². The van der Waals surface area contributed by atoms with Gasteiger partial charge in [0.2, 0.25) is 5.91 Å². The van der Waals surface area contributed by atoms with Gasteiger partial charge in [-0.3, -0.25) is 19.2 Å². The number of carbonyl (C=O) groups is 1. The largest absolute Gasteiger partial charge is 0.326 e. The van der Waals surface area contributed by atoms with E-state index in [0.717, 1.165) is 60.8 Å². The predicted molar refractivity (Wildman–Crippen MR) is 140 cm³/mol. The monoisotopic (exact) mass is 468 g/mol.